The molecule has 5 aromatic rings. The standard InChI is InChI=1S/C34H24F3N3O5S2/c1-45-24-12-5-4-11-23(24)26-27-28(31(43)40(30(27)42)22-10-6-9-20(16-22)34(35,36)37)46-32-29(26)47-33(44)39(32)17-25(41)38-21-14-13-18-7-2-3-8-19(18)15-21/h2-16,26-28H,17H2,1H3,(H,38,41). The molecule has 238 valence electrons. The molecule has 8 nitrogen and oxygen atoms in total. The summed E-state index contributed by atoms with van der Waals surface area (Å²) >= 11 is 1.84. The first-order valence-corrected chi connectivity index (χ1v) is 16.1. The molecule has 0 bridgehead atoms. The molecule has 2 aliphatic rings. The minimum absolute atomic E-state index is 0.195. The Morgan fingerprint density at radius 2 is 1.64 bits per heavy atom. The lowest BCUT2D eigenvalue weighted by atomic mass is 9.82. The zero-order valence-corrected chi connectivity index (χ0v) is 26.1. The Bertz CT molecular complexity index is 2140. The van der Waals surface area contributed by atoms with Crippen molar-refractivity contribution in [3.05, 3.63) is 117 Å². The predicted molar refractivity (Wildman–Crippen MR) is 173 cm³/mol. The number of hydrogen-bond acceptors (Lipinski definition) is 7. The van der Waals surface area contributed by atoms with Crippen LogP contribution < -0.4 is 19.8 Å². The lowest BCUT2D eigenvalue weighted by Crippen LogP contribution is -2.33. The Kier molecular flexibility index (Phi) is 7.68. The van der Waals surface area contributed by atoms with Gasteiger partial charge in [-0.15, -0.1) is 0 Å². The highest BCUT2D eigenvalue weighted by Crippen LogP contribution is 2.55. The molecular weight excluding hydrogens is 652 g/mol. The van der Waals surface area contributed by atoms with Crippen molar-refractivity contribution in [3.63, 3.8) is 0 Å². The molecule has 0 radical (unpaired) electrons. The SMILES string of the molecule is COc1ccccc1C1c2sc(=O)n(CC(=O)Nc3ccc4ccccc4c3)c2SC2C(=O)N(c3cccc(C(F)(F)F)c3)C(=O)C21. The average Bonchev–Trinajstić information content (AvgIpc) is 3.50. The fraction of sp³-hybridized carbons (Fsp3) is 0.176. The van der Waals surface area contributed by atoms with Crippen LogP contribution in [0.5, 0.6) is 5.75 Å². The number of imide groups is 1. The van der Waals surface area contributed by atoms with E-state index in [4.69, 9.17) is 4.74 Å². The highest BCUT2D eigenvalue weighted by molar-refractivity contribution is 8.00. The smallest absolute Gasteiger partial charge is 0.416 e. The van der Waals surface area contributed by atoms with Crippen LogP contribution in [-0.2, 0) is 27.1 Å². The molecule has 47 heavy (non-hydrogen) atoms. The number of thioether (sulfide) groups is 1. The van der Waals surface area contributed by atoms with Gasteiger partial charge in [0.1, 0.15) is 17.5 Å². The van der Waals surface area contributed by atoms with Crippen LogP contribution in [0.25, 0.3) is 10.8 Å². The van der Waals surface area contributed by atoms with Crippen molar-refractivity contribution in [2.24, 2.45) is 5.92 Å². The Hall–Kier alpha value is -4.88. The minimum atomic E-state index is -4.68. The van der Waals surface area contributed by atoms with Crippen molar-refractivity contribution in [2.75, 3.05) is 17.3 Å². The molecule has 13 heteroatoms. The van der Waals surface area contributed by atoms with E-state index in [0.717, 1.165) is 57.0 Å². The van der Waals surface area contributed by atoms with Gasteiger partial charge in [0, 0.05) is 22.0 Å². The van der Waals surface area contributed by atoms with Crippen LogP contribution >= 0.6 is 23.1 Å². The first kappa shape index (κ1) is 30.8. The molecule has 0 spiro atoms. The van der Waals surface area contributed by atoms with Gasteiger partial charge in [-0.2, -0.15) is 13.2 Å². The third kappa shape index (κ3) is 5.38. The molecular formula is C34H24F3N3O5S2. The van der Waals surface area contributed by atoms with E-state index in [1.165, 1.54) is 17.7 Å². The van der Waals surface area contributed by atoms with Gasteiger partial charge in [-0.05, 0) is 47.2 Å². The van der Waals surface area contributed by atoms with E-state index in [1.54, 1.807) is 30.3 Å². The van der Waals surface area contributed by atoms with E-state index >= 15 is 0 Å². The highest BCUT2D eigenvalue weighted by atomic mass is 32.2. The van der Waals surface area contributed by atoms with E-state index in [0.29, 0.717) is 26.9 Å². The fourth-order valence-electron chi connectivity index (χ4n) is 6.20. The molecule has 4 aromatic carbocycles. The van der Waals surface area contributed by atoms with Crippen molar-refractivity contribution >= 4 is 63.0 Å². The highest BCUT2D eigenvalue weighted by Gasteiger charge is 2.57. The molecule has 3 heterocycles. The Morgan fingerprint density at radius 3 is 2.40 bits per heavy atom. The molecule has 1 N–H and O–H groups in total. The van der Waals surface area contributed by atoms with Gasteiger partial charge < -0.3 is 10.1 Å². The summed E-state index contributed by atoms with van der Waals surface area (Å²) < 4.78 is 47.6. The second-order valence-electron chi connectivity index (χ2n) is 11.1. The number of fused-ring (bicyclic) bond motifs is 3. The van der Waals surface area contributed by atoms with Crippen LogP contribution in [-0.4, -0.2) is 34.6 Å². The van der Waals surface area contributed by atoms with Crippen LogP contribution in [0.4, 0.5) is 24.5 Å². The summed E-state index contributed by atoms with van der Waals surface area (Å²) in [6.45, 7) is -0.361. The zero-order valence-electron chi connectivity index (χ0n) is 24.5. The normalized spacial score (nSPS) is 19.1. The van der Waals surface area contributed by atoms with Gasteiger partial charge in [-0.3, -0.25) is 23.7 Å². The molecule has 0 aliphatic carbocycles. The number of halogens is 3. The van der Waals surface area contributed by atoms with Gasteiger partial charge in [0.2, 0.25) is 17.7 Å². The largest absolute Gasteiger partial charge is 0.496 e. The number of thiazole rings is 1. The van der Waals surface area contributed by atoms with Crippen molar-refractivity contribution in [3.8, 4) is 5.75 Å². The van der Waals surface area contributed by atoms with Crippen molar-refractivity contribution < 1.29 is 32.3 Å². The maximum absolute atomic E-state index is 14.1. The van der Waals surface area contributed by atoms with Crippen LogP contribution in [0, 0.1) is 5.92 Å². The van der Waals surface area contributed by atoms with E-state index in [2.05, 4.69) is 5.32 Å². The summed E-state index contributed by atoms with van der Waals surface area (Å²) in [7, 11) is 1.45. The third-order valence-electron chi connectivity index (χ3n) is 8.29. The predicted octanol–water partition coefficient (Wildman–Crippen LogP) is 6.52. The Morgan fingerprint density at radius 1 is 0.894 bits per heavy atom. The number of hydrogen-bond donors (Lipinski definition) is 1. The van der Waals surface area contributed by atoms with E-state index in [-0.39, 0.29) is 12.2 Å². The molecule has 1 saturated heterocycles. The molecule has 1 aromatic heterocycles. The molecule has 3 amide bonds. The summed E-state index contributed by atoms with van der Waals surface area (Å²) in [4.78, 5) is 55.6. The van der Waals surface area contributed by atoms with Crippen molar-refractivity contribution in [2.45, 2.75) is 28.9 Å². The van der Waals surface area contributed by atoms with Crippen LogP contribution in [0.2, 0.25) is 0 Å². The molecule has 1 fully saturated rings. The zero-order chi connectivity index (χ0) is 33.0. The van der Waals surface area contributed by atoms with E-state index in [1.807, 2.05) is 36.4 Å². The number of carbonyl (C=O) groups is 3. The van der Waals surface area contributed by atoms with Crippen LogP contribution in [0.3, 0.4) is 0 Å². The summed E-state index contributed by atoms with van der Waals surface area (Å²) in [5.74, 6) is -3.35. The number of aromatic nitrogens is 1. The van der Waals surface area contributed by atoms with Gasteiger partial charge in [0.05, 0.1) is 29.3 Å². The first-order valence-electron chi connectivity index (χ1n) is 14.4. The third-order valence-corrected chi connectivity index (χ3v) is 10.9. The average molecular weight is 676 g/mol. The van der Waals surface area contributed by atoms with Crippen LogP contribution in [0.1, 0.15) is 21.9 Å². The molecule has 0 saturated carbocycles. The second-order valence-corrected chi connectivity index (χ2v) is 13.2. The number of para-hydroxylation sites is 1. The first-order chi connectivity index (χ1) is 22.5. The van der Waals surface area contributed by atoms with Gasteiger partial charge in [0.25, 0.3) is 0 Å². The molecule has 7 rings (SSSR count). The Balaban J connectivity index is 1.28. The van der Waals surface area contributed by atoms with Gasteiger partial charge in [-0.1, -0.05) is 77.7 Å². The minimum Gasteiger partial charge on any atom is -0.496 e. The van der Waals surface area contributed by atoms with Crippen molar-refractivity contribution in [1.29, 1.82) is 0 Å². The number of rotatable bonds is 6. The lowest BCUT2D eigenvalue weighted by molar-refractivity contribution is -0.137. The number of ether oxygens (including phenoxy) is 1. The maximum atomic E-state index is 14.1. The monoisotopic (exact) mass is 675 g/mol. The van der Waals surface area contributed by atoms with Crippen LogP contribution in [0.15, 0.2) is 101 Å². The number of alkyl halides is 3. The number of benzene rings is 4. The van der Waals surface area contributed by atoms with Gasteiger partial charge in [-0.25, -0.2) is 4.90 Å². The number of nitrogens with one attached hydrogen (secondary N) is 1. The number of methoxy groups -OCH3 is 1. The number of nitrogens with zero attached hydrogens (tertiary/aromatic N) is 2. The summed E-state index contributed by atoms with van der Waals surface area (Å²) in [6.07, 6.45) is -4.68. The fourth-order valence-corrected chi connectivity index (χ4v) is 8.96. The Labute approximate surface area is 273 Å². The molecule has 2 aliphatic heterocycles. The van der Waals surface area contributed by atoms with Crippen molar-refractivity contribution in [1.82, 2.24) is 4.57 Å². The number of amides is 3. The van der Waals surface area contributed by atoms with Gasteiger partial charge >= 0.3 is 11.0 Å². The maximum Gasteiger partial charge on any atom is 0.416 e. The number of anilines is 2. The van der Waals surface area contributed by atoms with E-state index < -0.39 is 51.4 Å². The summed E-state index contributed by atoms with van der Waals surface area (Å²) in [6, 6.07) is 24.1. The quantitative estimate of drug-likeness (QED) is 0.206. The molecule has 3 atom stereocenters. The summed E-state index contributed by atoms with van der Waals surface area (Å²) in [5, 5.41) is 4.02. The second kappa shape index (κ2) is 11.7. The van der Waals surface area contributed by atoms with E-state index in [9.17, 15) is 32.3 Å². The topological polar surface area (TPSA) is 97.7 Å². The molecule has 3 unspecified atom stereocenters. The summed E-state index contributed by atoms with van der Waals surface area (Å²) in [5.41, 5.74) is -0.116. The van der Waals surface area contributed by atoms with Gasteiger partial charge in [0.15, 0.2) is 0 Å². The lowest BCUT2D eigenvalue weighted by Gasteiger charge is -2.31. The number of carbonyl (C=O) groups excluding carboxylic acids is 3.